The molecule has 0 fully saturated rings. The van der Waals surface area contributed by atoms with Crippen LogP contribution in [0.2, 0.25) is 0 Å². The fourth-order valence-electron chi connectivity index (χ4n) is 2.48. The number of alkyl halides is 2. The van der Waals surface area contributed by atoms with Crippen molar-refractivity contribution in [1.82, 2.24) is 14.9 Å². The van der Waals surface area contributed by atoms with E-state index in [0.29, 0.717) is 29.3 Å². The minimum atomic E-state index is -2.59. The maximum atomic E-state index is 12.8. The van der Waals surface area contributed by atoms with Crippen LogP contribution in [0.1, 0.15) is 11.1 Å². The second-order valence-electron chi connectivity index (χ2n) is 5.61. The fraction of sp³-hybridized carbons (Fsp3) is 0.222. The Morgan fingerprint density at radius 1 is 1.20 bits per heavy atom. The molecule has 0 radical (unpaired) electrons. The van der Waals surface area contributed by atoms with Gasteiger partial charge in [-0.3, -0.25) is 4.79 Å². The van der Waals surface area contributed by atoms with Crippen molar-refractivity contribution in [3.8, 4) is 0 Å². The Kier molecular flexibility index (Phi) is 5.33. The minimum absolute atomic E-state index is 0.0541. The molecule has 7 heteroatoms. The van der Waals surface area contributed by atoms with E-state index >= 15 is 0 Å². The normalized spacial score (nSPS) is 11.2. The average molecular weight is 361 g/mol. The number of benzene rings is 2. The summed E-state index contributed by atoms with van der Waals surface area (Å²) in [6, 6.07) is 14.9. The summed E-state index contributed by atoms with van der Waals surface area (Å²) in [7, 11) is 0. The Balaban J connectivity index is 1.74. The van der Waals surface area contributed by atoms with Crippen molar-refractivity contribution in [2.24, 2.45) is 0 Å². The number of hydrogen-bond acceptors (Lipinski definition) is 3. The molecule has 1 amide bonds. The molecule has 0 saturated heterocycles. The summed E-state index contributed by atoms with van der Waals surface area (Å²) in [6.45, 7) is 2.33. The number of para-hydroxylation sites is 2. The monoisotopic (exact) mass is 361 g/mol. The molecule has 1 N–H and O–H groups in total. The molecule has 0 saturated carbocycles. The molecule has 1 aromatic heterocycles. The topological polar surface area (TPSA) is 46.9 Å². The number of nitrogens with one attached hydrogen (secondary N) is 1. The average Bonchev–Trinajstić information content (AvgIpc) is 2.91. The van der Waals surface area contributed by atoms with Gasteiger partial charge in [-0.15, -0.1) is 0 Å². The smallest absolute Gasteiger partial charge is 0.291 e. The zero-order valence-corrected chi connectivity index (χ0v) is 14.4. The Labute approximate surface area is 148 Å². The van der Waals surface area contributed by atoms with E-state index in [1.807, 2.05) is 31.2 Å². The second-order valence-corrected chi connectivity index (χ2v) is 6.57. The number of aryl methyl sites for hydroxylation is 1. The molecule has 0 unspecified atom stereocenters. The lowest BCUT2D eigenvalue weighted by Gasteiger charge is -2.10. The summed E-state index contributed by atoms with van der Waals surface area (Å²) >= 11 is 0.347. The van der Waals surface area contributed by atoms with E-state index < -0.39 is 5.76 Å². The van der Waals surface area contributed by atoms with Crippen molar-refractivity contribution in [3.05, 3.63) is 59.7 Å². The number of carbonyl (C=O) groups excluding carboxylic acids is 1. The molecule has 0 spiro atoms. The largest absolute Gasteiger partial charge is 0.350 e. The molecule has 0 aliphatic heterocycles. The van der Waals surface area contributed by atoms with Crippen LogP contribution in [-0.4, -0.2) is 21.2 Å². The van der Waals surface area contributed by atoms with Gasteiger partial charge in [0.15, 0.2) is 5.16 Å². The van der Waals surface area contributed by atoms with Crippen LogP contribution in [0.4, 0.5) is 8.78 Å². The predicted molar refractivity (Wildman–Crippen MR) is 94.6 cm³/mol. The molecule has 2 aromatic carbocycles. The molecule has 25 heavy (non-hydrogen) atoms. The van der Waals surface area contributed by atoms with Crippen LogP contribution >= 0.6 is 11.8 Å². The first-order valence-corrected chi connectivity index (χ1v) is 8.63. The van der Waals surface area contributed by atoms with Crippen molar-refractivity contribution in [2.45, 2.75) is 30.9 Å². The third-order valence-electron chi connectivity index (χ3n) is 3.73. The van der Waals surface area contributed by atoms with Crippen molar-refractivity contribution < 1.29 is 13.6 Å². The number of aromatic nitrogens is 2. The molecule has 130 valence electrons. The van der Waals surface area contributed by atoms with Gasteiger partial charge in [-0.05, 0) is 36.4 Å². The van der Waals surface area contributed by atoms with E-state index in [1.54, 1.807) is 24.3 Å². The highest BCUT2D eigenvalue weighted by Gasteiger charge is 2.17. The molecular formula is C18H17F2N3OS. The van der Waals surface area contributed by atoms with Gasteiger partial charge < -0.3 is 9.88 Å². The van der Waals surface area contributed by atoms with E-state index in [9.17, 15) is 13.6 Å². The van der Waals surface area contributed by atoms with Gasteiger partial charge in [0.25, 0.3) is 5.76 Å². The van der Waals surface area contributed by atoms with E-state index in [-0.39, 0.29) is 17.6 Å². The molecule has 0 bridgehead atoms. The molecule has 0 atom stereocenters. The van der Waals surface area contributed by atoms with Crippen LogP contribution < -0.4 is 5.32 Å². The first kappa shape index (κ1) is 17.4. The zero-order chi connectivity index (χ0) is 17.8. The summed E-state index contributed by atoms with van der Waals surface area (Å²) in [5.41, 5.74) is 3.39. The highest BCUT2D eigenvalue weighted by atomic mass is 32.2. The number of rotatable bonds is 6. The van der Waals surface area contributed by atoms with Gasteiger partial charge in [-0.2, -0.15) is 8.78 Å². The van der Waals surface area contributed by atoms with Crippen molar-refractivity contribution in [1.29, 1.82) is 0 Å². The van der Waals surface area contributed by atoms with E-state index in [2.05, 4.69) is 10.3 Å². The summed E-state index contributed by atoms with van der Waals surface area (Å²) in [5.74, 6) is -2.84. The lowest BCUT2D eigenvalue weighted by atomic mass is 10.1. The Bertz CT molecular complexity index is 878. The Morgan fingerprint density at radius 3 is 2.64 bits per heavy atom. The quantitative estimate of drug-likeness (QED) is 0.676. The summed E-state index contributed by atoms with van der Waals surface area (Å²) in [6.07, 6.45) is 0. The fourth-order valence-corrected chi connectivity index (χ4v) is 3.08. The van der Waals surface area contributed by atoms with E-state index in [4.69, 9.17) is 0 Å². The number of nitrogens with zero attached hydrogens (tertiary/aromatic N) is 2. The molecule has 3 rings (SSSR count). The van der Waals surface area contributed by atoms with E-state index in [1.165, 1.54) is 4.57 Å². The number of amides is 1. The molecule has 3 aromatic rings. The highest BCUT2D eigenvalue weighted by molar-refractivity contribution is 7.99. The highest BCUT2D eigenvalue weighted by Crippen LogP contribution is 2.28. The molecule has 0 aliphatic carbocycles. The molecule has 0 aliphatic rings. The first-order chi connectivity index (χ1) is 12.0. The van der Waals surface area contributed by atoms with Gasteiger partial charge in [-0.25, -0.2) is 4.98 Å². The van der Waals surface area contributed by atoms with Crippen molar-refractivity contribution in [2.75, 3.05) is 0 Å². The van der Waals surface area contributed by atoms with Gasteiger partial charge >= 0.3 is 0 Å². The van der Waals surface area contributed by atoms with Gasteiger partial charge in [0.1, 0.15) is 6.54 Å². The van der Waals surface area contributed by atoms with Crippen LogP contribution in [0.3, 0.4) is 0 Å². The second kappa shape index (κ2) is 7.65. The van der Waals surface area contributed by atoms with Crippen LogP contribution in [0.5, 0.6) is 0 Å². The minimum Gasteiger partial charge on any atom is -0.350 e. The third-order valence-corrected chi connectivity index (χ3v) is 4.43. The van der Waals surface area contributed by atoms with Gasteiger partial charge in [0.2, 0.25) is 5.91 Å². The number of thioether (sulfide) groups is 1. The SMILES string of the molecule is Cc1ccc(CNC(=O)Cn2c(SC(F)F)nc3ccccc32)cc1. The van der Waals surface area contributed by atoms with Crippen LogP contribution in [0, 0.1) is 6.92 Å². The maximum Gasteiger partial charge on any atom is 0.291 e. The van der Waals surface area contributed by atoms with Crippen molar-refractivity contribution >= 4 is 28.7 Å². The molecule has 4 nitrogen and oxygen atoms in total. The number of fused-ring (bicyclic) bond motifs is 1. The summed E-state index contributed by atoms with van der Waals surface area (Å²) in [5, 5.41) is 2.96. The van der Waals surface area contributed by atoms with Gasteiger partial charge in [0.05, 0.1) is 11.0 Å². The van der Waals surface area contributed by atoms with E-state index in [0.717, 1.165) is 11.1 Å². The lowest BCUT2D eigenvalue weighted by molar-refractivity contribution is -0.121. The van der Waals surface area contributed by atoms with Crippen LogP contribution in [0.25, 0.3) is 11.0 Å². The van der Waals surface area contributed by atoms with Crippen molar-refractivity contribution in [3.63, 3.8) is 0 Å². The third kappa shape index (κ3) is 4.36. The summed E-state index contributed by atoms with van der Waals surface area (Å²) in [4.78, 5) is 16.5. The summed E-state index contributed by atoms with van der Waals surface area (Å²) < 4.78 is 27.1. The zero-order valence-electron chi connectivity index (χ0n) is 13.6. The van der Waals surface area contributed by atoms with Gasteiger partial charge in [-0.1, -0.05) is 42.0 Å². The number of halogens is 2. The van der Waals surface area contributed by atoms with Crippen LogP contribution in [-0.2, 0) is 17.9 Å². The Morgan fingerprint density at radius 2 is 1.92 bits per heavy atom. The first-order valence-electron chi connectivity index (χ1n) is 7.75. The van der Waals surface area contributed by atoms with Crippen LogP contribution in [0.15, 0.2) is 53.7 Å². The number of carbonyl (C=O) groups is 1. The molecular weight excluding hydrogens is 344 g/mol. The Hall–Kier alpha value is -2.41. The van der Waals surface area contributed by atoms with Gasteiger partial charge in [0, 0.05) is 6.54 Å². The standard InChI is InChI=1S/C18H17F2N3OS/c1-12-6-8-13(9-7-12)10-21-16(24)11-23-15-5-3-2-4-14(15)22-18(23)25-17(19)20/h2-9,17H,10-11H2,1H3,(H,21,24). The number of hydrogen-bond donors (Lipinski definition) is 1. The predicted octanol–water partition coefficient (Wildman–Crippen LogP) is 3.98. The number of imidazole rings is 1. The maximum absolute atomic E-state index is 12.8. The lowest BCUT2D eigenvalue weighted by Crippen LogP contribution is -2.27. The molecule has 1 heterocycles.